The van der Waals surface area contributed by atoms with E-state index in [0.29, 0.717) is 17.9 Å². The van der Waals surface area contributed by atoms with Crippen LogP contribution < -0.4 is 11.1 Å². The summed E-state index contributed by atoms with van der Waals surface area (Å²) in [6.07, 6.45) is 2.51. The molecule has 2 rings (SSSR count). The van der Waals surface area contributed by atoms with E-state index in [9.17, 15) is 4.79 Å². The number of hydrogen-bond donors (Lipinski definition) is 2. The van der Waals surface area contributed by atoms with Crippen LogP contribution in [0.25, 0.3) is 0 Å². The summed E-state index contributed by atoms with van der Waals surface area (Å²) in [5.41, 5.74) is 6.77. The number of carbonyl (C=O) groups excluding carboxylic acids is 1. The fourth-order valence-corrected chi connectivity index (χ4v) is 1.45. The van der Waals surface area contributed by atoms with E-state index in [1.165, 1.54) is 0 Å². The third-order valence-corrected chi connectivity index (χ3v) is 2.04. The van der Waals surface area contributed by atoms with Crippen LogP contribution in [0.3, 0.4) is 0 Å². The van der Waals surface area contributed by atoms with Gasteiger partial charge in [0.1, 0.15) is 5.76 Å². The van der Waals surface area contributed by atoms with Gasteiger partial charge in [0.15, 0.2) is 0 Å². The fourth-order valence-electron chi connectivity index (χ4n) is 1.45. The maximum absolute atomic E-state index is 10.9. The van der Waals surface area contributed by atoms with Crippen LogP contribution in [-0.2, 0) is 9.53 Å². The summed E-state index contributed by atoms with van der Waals surface area (Å²) >= 11 is 0. The SMILES string of the molecule is NC(=O)C1=CNCC2=C1OCC2. The molecule has 4 nitrogen and oxygen atoms in total. The van der Waals surface area contributed by atoms with Gasteiger partial charge < -0.3 is 15.8 Å². The fraction of sp³-hybridized carbons (Fsp3) is 0.375. The number of rotatable bonds is 1. The standard InChI is InChI=1S/C8H10N2O2/c9-8(11)6-4-10-3-5-1-2-12-7(5)6/h4,10H,1-3H2,(H2,9,11). The second-order valence-corrected chi connectivity index (χ2v) is 2.83. The van der Waals surface area contributed by atoms with Gasteiger partial charge in [0.05, 0.1) is 12.2 Å². The number of nitrogens with one attached hydrogen (secondary N) is 1. The van der Waals surface area contributed by atoms with E-state index in [0.717, 1.165) is 18.5 Å². The third-order valence-electron chi connectivity index (χ3n) is 2.04. The lowest BCUT2D eigenvalue weighted by Crippen LogP contribution is -2.24. The van der Waals surface area contributed by atoms with Crippen molar-refractivity contribution in [3.05, 3.63) is 23.1 Å². The maximum atomic E-state index is 10.9. The Morgan fingerprint density at radius 2 is 2.50 bits per heavy atom. The van der Waals surface area contributed by atoms with Crippen molar-refractivity contribution in [2.45, 2.75) is 6.42 Å². The van der Waals surface area contributed by atoms with E-state index in [2.05, 4.69) is 5.32 Å². The number of dihydropyridines is 1. The molecule has 0 fully saturated rings. The van der Waals surface area contributed by atoms with Crippen LogP contribution in [0.1, 0.15) is 6.42 Å². The molecule has 0 saturated carbocycles. The molecule has 2 heterocycles. The van der Waals surface area contributed by atoms with E-state index in [1.807, 2.05) is 0 Å². The first-order chi connectivity index (χ1) is 5.79. The molecule has 0 bridgehead atoms. The Balaban J connectivity index is 2.34. The average molecular weight is 166 g/mol. The van der Waals surface area contributed by atoms with Crippen LogP contribution in [0.15, 0.2) is 23.1 Å². The van der Waals surface area contributed by atoms with Gasteiger partial charge in [-0.3, -0.25) is 4.79 Å². The van der Waals surface area contributed by atoms with Gasteiger partial charge in [-0.15, -0.1) is 0 Å². The van der Waals surface area contributed by atoms with Gasteiger partial charge in [0, 0.05) is 19.2 Å². The average Bonchev–Trinajstić information content (AvgIpc) is 2.49. The molecule has 0 saturated heterocycles. The van der Waals surface area contributed by atoms with Crippen molar-refractivity contribution >= 4 is 5.91 Å². The summed E-state index contributed by atoms with van der Waals surface area (Å²) in [5, 5.41) is 2.99. The highest BCUT2D eigenvalue weighted by Crippen LogP contribution is 2.26. The summed E-state index contributed by atoms with van der Waals surface area (Å²) in [4.78, 5) is 10.9. The number of hydrogen-bond acceptors (Lipinski definition) is 3. The highest BCUT2D eigenvalue weighted by atomic mass is 16.5. The Hall–Kier alpha value is -1.45. The highest BCUT2D eigenvalue weighted by Gasteiger charge is 2.25. The smallest absolute Gasteiger partial charge is 0.253 e. The van der Waals surface area contributed by atoms with Crippen molar-refractivity contribution in [1.82, 2.24) is 5.32 Å². The number of nitrogens with two attached hydrogens (primary N) is 1. The summed E-state index contributed by atoms with van der Waals surface area (Å²) < 4.78 is 5.30. The molecule has 3 N–H and O–H groups in total. The molecular weight excluding hydrogens is 156 g/mol. The molecule has 2 aliphatic rings. The van der Waals surface area contributed by atoms with Crippen molar-refractivity contribution in [3.63, 3.8) is 0 Å². The van der Waals surface area contributed by atoms with Gasteiger partial charge in [-0.2, -0.15) is 0 Å². The molecule has 0 aromatic heterocycles. The predicted molar refractivity (Wildman–Crippen MR) is 42.9 cm³/mol. The molecule has 0 spiro atoms. The quantitative estimate of drug-likeness (QED) is 0.558. The van der Waals surface area contributed by atoms with E-state index < -0.39 is 5.91 Å². The lowest BCUT2D eigenvalue weighted by molar-refractivity contribution is -0.114. The Labute approximate surface area is 70.1 Å². The first kappa shape index (κ1) is 7.21. The predicted octanol–water partition coefficient (Wildman–Crippen LogP) is -0.367. The monoisotopic (exact) mass is 166 g/mol. The van der Waals surface area contributed by atoms with Gasteiger partial charge in [-0.05, 0) is 5.57 Å². The second-order valence-electron chi connectivity index (χ2n) is 2.83. The number of primary amides is 1. The van der Waals surface area contributed by atoms with Crippen LogP contribution in [0.2, 0.25) is 0 Å². The van der Waals surface area contributed by atoms with E-state index in [-0.39, 0.29) is 0 Å². The molecule has 64 valence electrons. The lowest BCUT2D eigenvalue weighted by Gasteiger charge is -2.13. The first-order valence-electron chi connectivity index (χ1n) is 3.87. The van der Waals surface area contributed by atoms with Gasteiger partial charge in [-0.1, -0.05) is 0 Å². The lowest BCUT2D eigenvalue weighted by atomic mass is 10.1. The van der Waals surface area contributed by atoms with E-state index in [4.69, 9.17) is 10.5 Å². The van der Waals surface area contributed by atoms with Gasteiger partial charge in [0.2, 0.25) is 0 Å². The first-order valence-corrected chi connectivity index (χ1v) is 3.87. The molecule has 0 aromatic rings. The van der Waals surface area contributed by atoms with E-state index in [1.54, 1.807) is 6.20 Å². The molecule has 0 atom stereocenters. The minimum Gasteiger partial charge on any atom is -0.492 e. The van der Waals surface area contributed by atoms with Gasteiger partial charge in [-0.25, -0.2) is 0 Å². The topological polar surface area (TPSA) is 64.4 Å². The summed E-state index contributed by atoms with van der Waals surface area (Å²) in [6, 6.07) is 0. The summed E-state index contributed by atoms with van der Waals surface area (Å²) in [5.74, 6) is 0.262. The van der Waals surface area contributed by atoms with Crippen molar-refractivity contribution in [2.75, 3.05) is 13.2 Å². The normalized spacial score (nSPS) is 20.8. The number of ether oxygens (including phenoxy) is 1. The Morgan fingerprint density at radius 1 is 1.67 bits per heavy atom. The van der Waals surface area contributed by atoms with E-state index >= 15 is 0 Å². The van der Waals surface area contributed by atoms with Crippen molar-refractivity contribution in [2.24, 2.45) is 5.73 Å². The largest absolute Gasteiger partial charge is 0.492 e. The van der Waals surface area contributed by atoms with Crippen LogP contribution in [0.4, 0.5) is 0 Å². The van der Waals surface area contributed by atoms with Crippen molar-refractivity contribution in [1.29, 1.82) is 0 Å². The van der Waals surface area contributed by atoms with Crippen LogP contribution in [0, 0.1) is 0 Å². The summed E-state index contributed by atoms with van der Waals surface area (Å²) in [6.45, 7) is 1.43. The molecule has 0 aromatic carbocycles. The zero-order valence-corrected chi connectivity index (χ0v) is 6.59. The zero-order chi connectivity index (χ0) is 8.55. The molecular formula is C8H10N2O2. The molecule has 1 amide bonds. The molecule has 12 heavy (non-hydrogen) atoms. The maximum Gasteiger partial charge on any atom is 0.253 e. The van der Waals surface area contributed by atoms with Crippen LogP contribution in [0.5, 0.6) is 0 Å². The van der Waals surface area contributed by atoms with Crippen LogP contribution in [-0.4, -0.2) is 19.1 Å². The minimum atomic E-state index is -0.434. The van der Waals surface area contributed by atoms with Crippen molar-refractivity contribution < 1.29 is 9.53 Å². The molecule has 0 aliphatic carbocycles. The number of amides is 1. The minimum absolute atomic E-state index is 0.434. The molecule has 0 radical (unpaired) electrons. The Kier molecular flexibility index (Phi) is 1.53. The molecule has 0 unspecified atom stereocenters. The molecule has 4 heteroatoms. The third kappa shape index (κ3) is 0.958. The van der Waals surface area contributed by atoms with Gasteiger partial charge >= 0.3 is 0 Å². The highest BCUT2D eigenvalue weighted by molar-refractivity contribution is 5.96. The number of carbonyl (C=O) groups is 1. The molecule has 2 aliphatic heterocycles. The second kappa shape index (κ2) is 2.55. The Bertz CT molecular complexity index is 291. The van der Waals surface area contributed by atoms with Crippen LogP contribution >= 0.6 is 0 Å². The zero-order valence-electron chi connectivity index (χ0n) is 6.59. The Morgan fingerprint density at radius 3 is 3.25 bits per heavy atom. The van der Waals surface area contributed by atoms with Gasteiger partial charge in [0.25, 0.3) is 5.91 Å². The van der Waals surface area contributed by atoms with Crippen molar-refractivity contribution in [3.8, 4) is 0 Å². The summed E-state index contributed by atoms with van der Waals surface area (Å²) in [7, 11) is 0.